The molecule has 0 heterocycles. The molecule has 2 fully saturated rings. The van der Waals surface area contributed by atoms with Crippen LogP contribution in [0.5, 0.6) is 0 Å². The van der Waals surface area contributed by atoms with E-state index >= 15 is 0 Å². The maximum Gasteiger partial charge on any atom is 0.143 e. The van der Waals surface area contributed by atoms with Crippen molar-refractivity contribution >= 4 is 12.1 Å². The van der Waals surface area contributed by atoms with E-state index in [1.807, 2.05) is 0 Å². The summed E-state index contributed by atoms with van der Waals surface area (Å²) in [6, 6.07) is 0. The molecule has 3 atom stereocenters. The Balaban J connectivity index is 2.38. The third kappa shape index (κ3) is 1.54. The quantitative estimate of drug-likeness (QED) is 0.505. The van der Waals surface area contributed by atoms with Gasteiger partial charge in [0.05, 0.1) is 5.92 Å². The zero-order chi connectivity index (χ0) is 12.0. The Hall–Kier alpha value is -0.660. The molecule has 0 aromatic carbocycles. The summed E-state index contributed by atoms with van der Waals surface area (Å²) in [7, 11) is 0. The number of ketones is 1. The molecule has 16 heavy (non-hydrogen) atoms. The van der Waals surface area contributed by atoms with Crippen LogP contribution in [0.2, 0.25) is 0 Å². The monoisotopic (exact) mass is 222 g/mol. The zero-order valence-corrected chi connectivity index (χ0v) is 10.6. The highest BCUT2D eigenvalue weighted by Crippen LogP contribution is 2.58. The van der Waals surface area contributed by atoms with Crippen LogP contribution < -0.4 is 0 Å². The van der Waals surface area contributed by atoms with Crippen molar-refractivity contribution in [2.45, 2.75) is 52.9 Å². The molecular weight excluding hydrogens is 200 g/mol. The minimum absolute atomic E-state index is 0.0706. The molecular formula is C14H22O2. The third-order valence-electron chi connectivity index (χ3n) is 5.15. The number of rotatable bonds is 1. The summed E-state index contributed by atoms with van der Waals surface area (Å²) in [5.41, 5.74) is 0.216. The molecule has 2 aliphatic rings. The molecule has 0 amide bonds. The number of carbonyl (C=O) groups is 2. The second kappa shape index (κ2) is 3.68. The third-order valence-corrected chi connectivity index (χ3v) is 5.15. The Labute approximate surface area is 97.8 Å². The Bertz CT molecular complexity index is 319. The van der Waals surface area contributed by atoms with Crippen LogP contribution in [0.25, 0.3) is 0 Å². The fourth-order valence-corrected chi connectivity index (χ4v) is 4.30. The summed E-state index contributed by atoms with van der Waals surface area (Å²) in [5.74, 6) is 0.360. The molecule has 0 saturated heterocycles. The van der Waals surface area contributed by atoms with Crippen LogP contribution in [0, 0.1) is 22.7 Å². The largest absolute Gasteiger partial charge is 0.303 e. The Morgan fingerprint density at radius 1 is 1.25 bits per heavy atom. The molecule has 2 nitrogen and oxygen atoms in total. The van der Waals surface area contributed by atoms with E-state index in [0.717, 1.165) is 25.5 Å². The summed E-state index contributed by atoms with van der Waals surface area (Å²) in [6.07, 6.45) is 5.91. The first-order chi connectivity index (χ1) is 7.42. The first-order valence-corrected chi connectivity index (χ1v) is 6.40. The lowest BCUT2D eigenvalue weighted by atomic mass is 9.48. The average molecular weight is 222 g/mol. The van der Waals surface area contributed by atoms with Gasteiger partial charge in [-0.25, -0.2) is 0 Å². The summed E-state index contributed by atoms with van der Waals surface area (Å²) in [6.45, 7) is 6.76. The van der Waals surface area contributed by atoms with Gasteiger partial charge in [0, 0.05) is 6.42 Å². The van der Waals surface area contributed by atoms with Gasteiger partial charge in [-0.2, -0.15) is 0 Å². The van der Waals surface area contributed by atoms with Gasteiger partial charge in [-0.15, -0.1) is 0 Å². The molecule has 90 valence electrons. The van der Waals surface area contributed by atoms with Crippen LogP contribution in [-0.4, -0.2) is 12.1 Å². The van der Waals surface area contributed by atoms with Gasteiger partial charge in [-0.3, -0.25) is 4.79 Å². The first kappa shape index (κ1) is 11.8. The molecule has 0 N–H and O–H groups in total. The summed E-state index contributed by atoms with van der Waals surface area (Å²) in [5, 5.41) is 0. The minimum Gasteiger partial charge on any atom is -0.303 e. The number of Topliss-reactive ketones (excluding diaryl/α,β-unsaturated/α-hetero) is 1. The Morgan fingerprint density at radius 2 is 1.94 bits per heavy atom. The van der Waals surface area contributed by atoms with Crippen molar-refractivity contribution in [2.75, 3.05) is 0 Å². The van der Waals surface area contributed by atoms with E-state index in [0.29, 0.717) is 12.3 Å². The SMILES string of the molecule is CC1(C)CCCC2(C)C(C=O)C(=O)CCC12. The molecule has 3 unspecified atom stereocenters. The van der Waals surface area contributed by atoms with Crippen LogP contribution >= 0.6 is 0 Å². The number of fused-ring (bicyclic) bond motifs is 1. The fraction of sp³-hybridized carbons (Fsp3) is 0.857. The van der Waals surface area contributed by atoms with E-state index in [2.05, 4.69) is 20.8 Å². The van der Waals surface area contributed by atoms with E-state index in [4.69, 9.17) is 0 Å². The fourth-order valence-electron chi connectivity index (χ4n) is 4.30. The number of carbonyl (C=O) groups excluding carboxylic acids is 2. The molecule has 2 saturated carbocycles. The Morgan fingerprint density at radius 3 is 2.56 bits per heavy atom. The van der Waals surface area contributed by atoms with Gasteiger partial charge in [0.25, 0.3) is 0 Å². The van der Waals surface area contributed by atoms with E-state index in [1.165, 1.54) is 6.42 Å². The topological polar surface area (TPSA) is 34.1 Å². The lowest BCUT2D eigenvalue weighted by Crippen LogP contribution is -2.52. The van der Waals surface area contributed by atoms with Gasteiger partial charge >= 0.3 is 0 Å². The second-order valence-corrected chi connectivity index (χ2v) is 6.52. The lowest BCUT2D eigenvalue weighted by Gasteiger charge is -2.55. The van der Waals surface area contributed by atoms with Gasteiger partial charge < -0.3 is 4.79 Å². The van der Waals surface area contributed by atoms with E-state index in [-0.39, 0.29) is 22.5 Å². The van der Waals surface area contributed by atoms with Gasteiger partial charge in [0.1, 0.15) is 12.1 Å². The molecule has 2 rings (SSSR count). The van der Waals surface area contributed by atoms with Crippen molar-refractivity contribution in [1.29, 1.82) is 0 Å². The molecule has 0 aromatic rings. The number of aldehydes is 1. The first-order valence-electron chi connectivity index (χ1n) is 6.40. The molecule has 2 heteroatoms. The summed E-state index contributed by atoms with van der Waals surface area (Å²) < 4.78 is 0. The van der Waals surface area contributed by atoms with Crippen LogP contribution in [-0.2, 0) is 9.59 Å². The van der Waals surface area contributed by atoms with Crippen LogP contribution in [0.1, 0.15) is 52.9 Å². The standard InChI is InChI=1S/C14H22O2/c1-13(2)7-4-8-14(3)10(9-15)11(16)5-6-12(13)14/h9-10,12H,4-8H2,1-3H3. The van der Waals surface area contributed by atoms with Gasteiger partial charge in [0.15, 0.2) is 0 Å². The average Bonchev–Trinajstić information content (AvgIpc) is 2.15. The van der Waals surface area contributed by atoms with Gasteiger partial charge in [-0.1, -0.05) is 27.2 Å². The number of hydrogen-bond donors (Lipinski definition) is 0. The van der Waals surface area contributed by atoms with Crippen molar-refractivity contribution in [3.05, 3.63) is 0 Å². The molecule has 0 spiro atoms. The molecule has 0 aliphatic heterocycles. The maximum atomic E-state index is 11.9. The van der Waals surface area contributed by atoms with Crippen molar-refractivity contribution in [3.8, 4) is 0 Å². The van der Waals surface area contributed by atoms with Crippen LogP contribution in [0.3, 0.4) is 0 Å². The van der Waals surface area contributed by atoms with Crippen molar-refractivity contribution in [3.63, 3.8) is 0 Å². The minimum atomic E-state index is -0.342. The molecule has 0 aromatic heterocycles. The van der Waals surface area contributed by atoms with E-state index < -0.39 is 0 Å². The second-order valence-electron chi connectivity index (χ2n) is 6.52. The van der Waals surface area contributed by atoms with Gasteiger partial charge in [0.2, 0.25) is 0 Å². The molecule has 2 aliphatic carbocycles. The van der Waals surface area contributed by atoms with Crippen molar-refractivity contribution < 1.29 is 9.59 Å². The van der Waals surface area contributed by atoms with Crippen molar-refractivity contribution in [1.82, 2.24) is 0 Å². The van der Waals surface area contributed by atoms with Crippen LogP contribution in [0.4, 0.5) is 0 Å². The highest BCUT2D eigenvalue weighted by atomic mass is 16.1. The highest BCUT2D eigenvalue weighted by Gasteiger charge is 2.54. The highest BCUT2D eigenvalue weighted by molar-refractivity contribution is 5.95. The predicted octanol–water partition coefficient (Wildman–Crippen LogP) is 3.00. The smallest absolute Gasteiger partial charge is 0.143 e. The van der Waals surface area contributed by atoms with E-state index in [1.54, 1.807) is 0 Å². The maximum absolute atomic E-state index is 11.9. The molecule has 0 radical (unpaired) electrons. The predicted molar refractivity (Wildman–Crippen MR) is 63.0 cm³/mol. The van der Waals surface area contributed by atoms with Crippen LogP contribution in [0.15, 0.2) is 0 Å². The normalized spacial score (nSPS) is 42.6. The lowest BCUT2D eigenvalue weighted by molar-refractivity contribution is -0.147. The van der Waals surface area contributed by atoms with Gasteiger partial charge in [-0.05, 0) is 36.0 Å². The number of hydrogen-bond acceptors (Lipinski definition) is 2. The zero-order valence-electron chi connectivity index (χ0n) is 10.6. The summed E-state index contributed by atoms with van der Waals surface area (Å²) in [4.78, 5) is 23.1. The summed E-state index contributed by atoms with van der Waals surface area (Å²) >= 11 is 0. The van der Waals surface area contributed by atoms with E-state index in [9.17, 15) is 9.59 Å². The van der Waals surface area contributed by atoms with Crippen molar-refractivity contribution in [2.24, 2.45) is 22.7 Å². The molecule has 0 bridgehead atoms. The Kier molecular flexibility index (Phi) is 2.72.